The number of hydrogen-bond donors (Lipinski definition) is 1. The zero-order valence-electron chi connectivity index (χ0n) is 8.09. The van der Waals surface area contributed by atoms with Gasteiger partial charge >= 0.3 is 0 Å². The molecule has 0 radical (unpaired) electrons. The van der Waals surface area contributed by atoms with Crippen molar-refractivity contribution in [1.82, 2.24) is 0 Å². The van der Waals surface area contributed by atoms with E-state index in [0.29, 0.717) is 0 Å². The molecule has 0 saturated heterocycles. The molecule has 0 aliphatic carbocycles. The van der Waals surface area contributed by atoms with E-state index in [2.05, 4.69) is 24.0 Å². The standard InChI is InChI=1S/C11H13N3/c1-9-3-5-10(6-4-9)14-8-2-7-13-11(14)12/h2-8,11H,12H2,1H3. The summed E-state index contributed by atoms with van der Waals surface area (Å²) in [5.74, 6) is 0. The van der Waals surface area contributed by atoms with Crippen LogP contribution in [0.2, 0.25) is 0 Å². The maximum Gasteiger partial charge on any atom is 0.177 e. The minimum absolute atomic E-state index is 0.303. The third kappa shape index (κ3) is 1.67. The topological polar surface area (TPSA) is 41.6 Å². The average Bonchev–Trinajstić information content (AvgIpc) is 2.20. The Morgan fingerprint density at radius 1 is 1.29 bits per heavy atom. The fourth-order valence-electron chi connectivity index (χ4n) is 1.38. The number of rotatable bonds is 1. The Kier molecular flexibility index (Phi) is 2.33. The van der Waals surface area contributed by atoms with Crippen LogP contribution in [-0.2, 0) is 0 Å². The number of anilines is 1. The first-order valence-corrected chi connectivity index (χ1v) is 4.58. The van der Waals surface area contributed by atoms with Crippen LogP contribution in [0.1, 0.15) is 5.56 Å². The number of nitrogens with zero attached hydrogens (tertiary/aromatic N) is 2. The molecule has 1 atom stereocenters. The number of benzene rings is 1. The predicted molar refractivity (Wildman–Crippen MR) is 59.3 cm³/mol. The summed E-state index contributed by atoms with van der Waals surface area (Å²) in [6.07, 6.45) is 5.23. The SMILES string of the molecule is Cc1ccc(N2C=CC=NC2N)cc1. The van der Waals surface area contributed by atoms with Crippen LogP contribution in [0.3, 0.4) is 0 Å². The van der Waals surface area contributed by atoms with Crippen LogP contribution in [0, 0.1) is 6.92 Å². The highest BCUT2D eigenvalue weighted by atomic mass is 15.3. The Morgan fingerprint density at radius 2 is 2.00 bits per heavy atom. The van der Waals surface area contributed by atoms with Gasteiger partial charge in [-0.05, 0) is 25.1 Å². The highest BCUT2D eigenvalue weighted by molar-refractivity contribution is 5.74. The van der Waals surface area contributed by atoms with Crippen molar-refractivity contribution in [2.45, 2.75) is 13.2 Å². The molecule has 1 unspecified atom stereocenters. The molecule has 0 saturated carbocycles. The zero-order valence-corrected chi connectivity index (χ0v) is 8.09. The number of aryl methyl sites for hydroxylation is 1. The van der Waals surface area contributed by atoms with Gasteiger partial charge in [0.1, 0.15) is 0 Å². The van der Waals surface area contributed by atoms with Gasteiger partial charge in [-0.15, -0.1) is 0 Å². The Labute approximate surface area is 83.6 Å². The molecule has 0 fully saturated rings. The molecular weight excluding hydrogens is 174 g/mol. The van der Waals surface area contributed by atoms with Gasteiger partial charge in [0.25, 0.3) is 0 Å². The van der Waals surface area contributed by atoms with E-state index in [0.717, 1.165) is 5.69 Å². The lowest BCUT2D eigenvalue weighted by Crippen LogP contribution is -2.38. The van der Waals surface area contributed by atoms with Gasteiger partial charge in [0.2, 0.25) is 0 Å². The molecule has 1 aromatic rings. The minimum Gasteiger partial charge on any atom is -0.313 e. The fraction of sp³-hybridized carbons (Fsp3) is 0.182. The molecule has 0 amide bonds. The van der Waals surface area contributed by atoms with Gasteiger partial charge in [0.05, 0.1) is 0 Å². The summed E-state index contributed by atoms with van der Waals surface area (Å²) >= 11 is 0. The lowest BCUT2D eigenvalue weighted by molar-refractivity contribution is 0.711. The normalized spacial score (nSPS) is 20.1. The van der Waals surface area contributed by atoms with Crippen LogP contribution in [0.4, 0.5) is 5.69 Å². The smallest absolute Gasteiger partial charge is 0.177 e. The molecule has 1 aliphatic rings. The van der Waals surface area contributed by atoms with Crippen LogP contribution in [-0.4, -0.2) is 12.5 Å². The third-order valence-electron chi connectivity index (χ3n) is 2.19. The molecule has 14 heavy (non-hydrogen) atoms. The molecule has 0 bridgehead atoms. The summed E-state index contributed by atoms with van der Waals surface area (Å²) < 4.78 is 0. The van der Waals surface area contributed by atoms with E-state index in [-0.39, 0.29) is 6.29 Å². The van der Waals surface area contributed by atoms with Crippen LogP contribution >= 0.6 is 0 Å². The predicted octanol–water partition coefficient (Wildman–Crippen LogP) is 1.64. The second-order valence-electron chi connectivity index (χ2n) is 3.30. The van der Waals surface area contributed by atoms with E-state index in [4.69, 9.17) is 5.73 Å². The van der Waals surface area contributed by atoms with E-state index in [9.17, 15) is 0 Å². The largest absolute Gasteiger partial charge is 0.313 e. The Morgan fingerprint density at radius 3 is 2.64 bits per heavy atom. The highest BCUT2D eigenvalue weighted by Gasteiger charge is 2.11. The summed E-state index contributed by atoms with van der Waals surface area (Å²) in [6, 6.07) is 8.21. The average molecular weight is 187 g/mol. The van der Waals surface area contributed by atoms with Gasteiger partial charge in [0.15, 0.2) is 6.29 Å². The van der Waals surface area contributed by atoms with Crippen molar-refractivity contribution >= 4 is 11.9 Å². The van der Waals surface area contributed by atoms with Gasteiger partial charge < -0.3 is 4.90 Å². The van der Waals surface area contributed by atoms with E-state index in [1.165, 1.54) is 5.56 Å². The van der Waals surface area contributed by atoms with Crippen LogP contribution in [0.15, 0.2) is 41.5 Å². The first kappa shape index (κ1) is 8.97. The lowest BCUT2D eigenvalue weighted by Gasteiger charge is -2.26. The number of hydrogen-bond acceptors (Lipinski definition) is 3. The molecule has 3 heteroatoms. The maximum atomic E-state index is 5.83. The van der Waals surface area contributed by atoms with Crippen LogP contribution < -0.4 is 10.6 Å². The van der Waals surface area contributed by atoms with Gasteiger partial charge in [-0.2, -0.15) is 0 Å². The zero-order chi connectivity index (χ0) is 9.97. The third-order valence-corrected chi connectivity index (χ3v) is 2.19. The van der Waals surface area contributed by atoms with Crippen LogP contribution in [0.25, 0.3) is 0 Å². The number of aliphatic imine (C=N–C) groups is 1. The van der Waals surface area contributed by atoms with E-state index in [1.807, 2.05) is 29.3 Å². The van der Waals surface area contributed by atoms with Gasteiger partial charge in [-0.1, -0.05) is 17.7 Å². The highest BCUT2D eigenvalue weighted by Crippen LogP contribution is 2.18. The van der Waals surface area contributed by atoms with Crippen molar-refractivity contribution in [2.75, 3.05) is 4.90 Å². The molecular formula is C11H13N3. The van der Waals surface area contributed by atoms with Gasteiger partial charge in [0, 0.05) is 18.1 Å². The van der Waals surface area contributed by atoms with Crippen molar-refractivity contribution < 1.29 is 0 Å². The number of nitrogens with two attached hydrogens (primary N) is 1. The number of allylic oxidation sites excluding steroid dienone is 1. The Bertz CT molecular complexity index is 365. The molecule has 2 N–H and O–H groups in total. The van der Waals surface area contributed by atoms with Crippen LogP contribution in [0.5, 0.6) is 0 Å². The Balaban J connectivity index is 2.27. The molecule has 2 rings (SSSR count). The molecule has 72 valence electrons. The molecule has 1 aromatic carbocycles. The van der Waals surface area contributed by atoms with E-state index in [1.54, 1.807) is 6.21 Å². The molecule has 1 heterocycles. The van der Waals surface area contributed by atoms with Crippen molar-refractivity contribution in [1.29, 1.82) is 0 Å². The first-order valence-electron chi connectivity index (χ1n) is 4.58. The maximum absolute atomic E-state index is 5.83. The first-order chi connectivity index (χ1) is 6.77. The minimum atomic E-state index is -0.303. The molecule has 0 spiro atoms. The van der Waals surface area contributed by atoms with Gasteiger partial charge in [-0.25, -0.2) is 0 Å². The quantitative estimate of drug-likeness (QED) is 0.726. The van der Waals surface area contributed by atoms with Crippen molar-refractivity contribution in [2.24, 2.45) is 10.7 Å². The monoisotopic (exact) mass is 187 g/mol. The van der Waals surface area contributed by atoms with Crippen molar-refractivity contribution in [3.05, 3.63) is 42.1 Å². The van der Waals surface area contributed by atoms with E-state index >= 15 is 0 Å². The summed E-state index contributed by atoms with van der Waals surface area (Å²) in [7, 11) is 0. The molecule has 1 aliphatic heterocycles. The summed E-state index contributed by atoms with van der Waals surface area (Å²) in [4.78, 5) is 6.03. The second kappa shape index (κ2) is 3.64. The van der Waals surface area contributed by atoms with E-state index < -0.39 is 0 Å². The Hall–Kier alpha value is -1.61. The summed E-state index contributed by atoms with van der Waals surface area (Å²) in [5, 5.41) is 0. The summed E-state index contributed by atoms with van der Waals surface area (Å²) in [5.41, 5.74) is 8.13. The molecule has 3 nitrogen and oxygen atoms in total. The lowest BCUT2D eigenvalue weighted by atomic mass is 10.2. The van der Waals surface area contributed by atoms with Crippen molar-refractivity contribution in [3.63, 3.8) is 0 Å². The second-order valence-corrected chi connectivity index (χ2v) is 3.30. The fourth-order valence-corrected chi connectivity index (χ4v) is 1.38. The summed E-state index contributed by atoms with van der Waals surface area (Å²) in [6.45, 7) is 2.06. The van der Waals surface area contributed by atoms with Crippen molar-refractivity contribution in [3.8, 4) is 0 Å². The molecule has 0 aromatic heterocycles. The van der Waals surface area contributed by atoms with Gasteiger partial charge in [-0.3, -0.25) is 10.7 Å².